The van der Waals surface area contributed by atoms with Crippen LogP contribution in [0.2, 0.25) is 0 Å². The number of methoxy groups -OCH3 is 1. The zero-order chi connectivity index (χ0) is 33.8. The van der Waals surface area contributed by atoms with Crippen molar-refractivity contribution in [3.05, 3.63) is 82.9 Å². The molecule has 4 aromatic rings. The van der Waals surface area contributed by atoms with Crippen molar-refractivity contribution in [3.8, 4) is 22.8 Å². The Morgan fingerprint density at radius 2 is 1.76 bits per heavy atom. The summed E-state index contributed by atoms with van der Waals surface area (Å²) in [6.45, 7) is -0.577. The number of halogens is 7. The fourth-order valence-corrected chi connectivity index (χ4v) is 4.91. The number of carbonyl (C=O) groups excluding carboxylic acids is 2. The Bertz CT molecular complexity index is 1860. The Morgan fingerprint density at radius 1 is 1.09 bits per heavy atom. The van der Waals surface area contributed by atoms with Gasteiger partial charge in [-0.2, -0.15) is 26.3 Å². The van der Waals surface area contributed by atoms with Gasteiger partial charge in [0.15, 0.2) is 0 Å². The molecule has 0 saturated heterocycles. The minimum atomic E-state index is -5.49. The highest BCUT2D eigenvalue weighted by molar-refractivity contribution is 6.00. The maximum Gasteiger partial charge on any atom is 0.424 e. The average Bonchev–Trinajstić information content (AvgIpc) is 3.35. The minimum absolute atomic E-state index is 0.0470. The SMILES string of the molecule is COc1cc(C(=O)NCC(O)(c2cc3c(c(-c4ccc(F)cc4)n2)OCC3(C)C(N)=O)C(F)(F)F)cc2cc(C(F)(F)F)cnc12. The second kappa shape index (κ2) is 11.1. The molecule has 1 aliphatic heterocycles. The molecule has 2 aromatic heterocycles. The van der Waals surface area contributed by atoms with Gasteiger partial charge in [-0.25, -0.2) is 9.37 Å². The van der Waals surface area contributed by atoms with Crippen molar-refractivity contribution in [1.82, 2.24) is 15.3 Å². The maximum absolute atomic E-state index is 14.7. The van der Waals surface area contributed by atoms with Crippen LogP contribution in [0.15, 0.2) is 54.7 Å². The van der Waals surface area contributed by atoms with Crippen LogP contribution in [0.5, 0.6) is 11.5 Å². The van der Waals surface area contributed by atoms with E-state index < -0.39 is 64.4 Å². The smallest absolute Gasteiger partial charge is 0.424 e. The first-order valence-corrected chi connectivity index (χ1v) is 13.3. The van der Waals surface area contributed by atoms with Crippen LogP contribution in [0.25, 0.3) is 22.2 Å². The van der Waals surface area contributed by atoms with Crippen LogP contribution in [0.4, 0.5) is 30.7 Å². The summed E-state index contributed by atoms with van der Waals surface area (Å²) in [5.74, 6) is -3.08. The number of benzene rings is 2. The molecule has 46 heavy (non-hydrogen) atoms. The molecule has 242 valence electrons. The molecule has 0 radical (unpaired) electrons. The van der Waals surface area contributed by atoms with Crippen molar-refractivity contribution < 1.29 is 54.9 Å². The lowest BCUT2D eigenvalue weighted by atomic mass is 9.81. The van der Waals surface area contributed by atoms with Gasteiger partial charge in [-0.3, -0.25) is 14.6 Å². The highest BCUT2D eigenvalue weighted by atomic mass is 19.4. The molecule has 2 atom stereocenters. The van der Waals surface area contributed by atoms with Gasteiger partial charge in [0.25, 0.3) is 5.91 Å². The number of alkyl halides is 6. The van der Waals surface area contributed by atoms with E-state index >= 15 is 0 Å². The molecule has 0 fully saturated rings. The largest absolute Gasteiger partial charge is 0.494 e. The van der Waals surface area contributed by atoms with Gasteiger partial charge < -0.3 is 25.6 Å². The van der Waals surface area contributed by atoms with E-state index in [0.29, 0.717) is 12.3 Å². The summed E-state index contributed by atoms with van der Waals surface area (Å²) < 4.78 is 108. The molecule has 2 aromatic carbocycles. The molecule has 4 N–H and O–H groups in total. The second-order valence-corrected chi connectivity index (χ2v) is 10.7. The van der Waals surface area contributed by atoms with Gasteiger partial charge >= 0.3 is 12.4 Å². The van der Waals surface area contributed by atoms with Crippen molar-refractivity contribution in [3.63, 3.8) is 0 Å². The van der Waals surface area contributed by atoms with Gasteiger partial charge in [-0.15, -0.1) is 0 Å². The number of pyridine rings is 2. The average molecular weight is 653 g/mol. The lowest BCUT2D eigenvalue weighted by molar-refractivity contribution is -0.265. The van der Waals surface area contributed by atoms with E-state index in [0.717, 1.165) is 37.4 Å². The van der Waals surface area contributed by atoms with Gasteiger partial charge in [0.1, 0.15) is 40.5 Å². The van der Waals surface area contributed by atoms with Gasteiger partial charge in [-0.05, 0) is 55.5 Å². The Balaban J connectivity index is 1.58. The Morgan fingerprint density at radius 3 is 2.35 bits per heavy atom. The van der Waals surface area contributed by atoms with E-state index in [9.17, 15) is 45.4 Å². The molecule has 0 saturated carbocycles. The maximum atomic E-state index is 14.7. The van der Waals surface area contributed by atoms with Crippen molar-refractivity contribution in [2.24, 2.45) is 5.73 Å². The third-order valence-corrected chi connectivity index (χ3v) is 7.69. The van der Waals surface area contributed by atoms with Crippen LogP contribution in [0, 0.1) is 5.82 Å². The van der Waals surface area contributed by atoms with Crippen molar-refractivity contribution in [2.45, 2.75) is 30.3 Å². The van der Waals surface area contributed by atoms with Crippen LogP contribution in [0.3, 0.4) is 0 Å². The van der Waals surface area contributed by atoms with E-state index in [1.54, 1.807) is 0 Å². The summed E-state index contributed by atoms with van der Waals surface area (Å²) in [4.78, 5) is 33.2. The molecule has 2 unspecified atom stereocenters. The predicted octanol–water partition coefficient (Wildman–Crippen LogP) is 4.78. The van der Waals surface area contributed by atoms with Crippen LogP contribution in [0.1, 0.15) is 34.1 Å². The number of ether oxygens (including phenoxy) is 2. The summed E-state index contributed by atoms with van der Waals surface area (Å²) in [7, 11) is 1.15. The van der Waals surface area contributed by atoms with E-state index in [-0.39, 0.29) is 45.8 Å². The predicted molar refractivity (Wildman–Crippen MR) is 147 cm³/mol. The standard InChI is InChI=1S/C30H23F7N4O5/c1-27(26(38)43)13-46-24-19(27)10-21(41-23(24)14-3-5-18(31)6-4-14)28(44,30(35,36)37)12-40-25(42)16-7-15-8-17(29(32,33)34)11-39-22(15)20(9-16)45-2/h3-11,44H,12-13H2,1-2H3,(H2,38,43)(H,40,42). The molecule has 2 amide bonds. The van der Waals surface area contributed by atoms with Crippen molar-refractivity contribution >= 4 is 22.7 Å². The molecular formula is C30H23F7N4O5. The van der Waals surface area contributed by atoms with Crippen LogP contribution < -0.4 is 20.5 Å². The Hall–Kier alpha value is -4.99. The number of aliphatic hydroxyl groups is 1. The first kappa shape index (κ1) is 32.4. The zero-order valence-electron chi connectivity index (χ0n) is 23.8. The number of hydrogen-bond acceptors (Lipinski definition) is 7. The summed E-state index contributed by atoms with van der Waals surface area (Å²) in [6.07, 6.45) is -9.70. The Labute approximate surface area is 255 Å². The molecule has 5 rings (SSSR count). The summed E-state index contributed by atoms with van der Waals surface area (Å²) in [5, 5.41) is 13.0. The number of carbonyl (C=O) groups is 2. The van der Waals surface area contributed by atoms with Gasteiger partial charge in [-0.1, -0.05) is 0 Å². The fraction of sp³-hybridized carbons (Fsp3) is 0.267. The Kier molecular flexibility index (Phi) is 7.83. The highest BCUT2D eigenvalue weighted by Gasteiger charge is 2.57. The second-order valence-electron chi connectivity index (χ2n) is 10.7. The van der Waals surface area contributed by atoms with E-state index in [1.807, 2.05) is 5.32 Å². The van der Waals surface area contributed by atoms with Crippen LogP contribution >= 0.6 is 0 Å². The summed E-state index contributed by atoms with van der Waals surface area (Å²) in [5.41, 5.74) is -2.95. The number of rotatable bonds is 7. The molecule has 1 aliphatic rings. The number of primary amides is 1. The molecule has 3 heterocycles. The summed E-state index contributed by atoms with van der Waals surface area (Å²) >= 11 is 0. The summed E-state index contributed by atoms with van der Waals surface area (Å²) in [6, 6.07) is 7.94. The van der Waals surface area contributed by atoms with E-state index in [4.69, 9.17) is 15.2 Å². The fourth-order valence-electron chi connectivity index (χ4n) is 4.91. The first-order chi connectivity index (χ1) is 21.4. The number of nitrogens with zero attached hydrogens (tertiary/aromatic N) is 2. The normalized spacial score (nSPS) is 17.6. The van der Waals surface area contributed by atoms with E-state index in [1.165, 1.54) is 19.1 Å². The molecular weight excluding hydrogens is 629 g/mol. The number of nitrogens with two attached hydrogens (primary N) is 1. The number of amides is 2. The monoisotopic (exact) mass is 652 g/mol. The lowest BCUT2D eigenvalue weighted by Gasteiger charge is -2.31. The minimum Gasteiger partial charge on any atom is -0.494 e. The third-order valence-electron chi connectivity index (χ3n) is 7.69. The topological polar surface area (TPSA) is 137 Å². The van der Waals surface area contributed by atoms with E-state index in [2.05, 4.69) is 9.97 Å². The van der Waals surface area contributed by atoms with Crippen LogP contribution in [-0.2, 0) is 22.0 Å². The number of hydrogen-bond donors (Lipinski definition) is 3. The zero-order valence-corrected chi connectivity index (χ0v) is 23.8. The van der Waals surface area contributed by atoms with Gasteiger partial charge in [0.2, 0.25) is 11.5 Å². The quantitative estimate of drug-likeness (QED) is 0.245. The molecule has 9 nitrogen and oxygen atoms in total. The lowest BCUT2D eigenvalue weighted by Crippen LogP contribution is -2.51. The van der Waals surface area contributed by atoms with Crippen molar-refractivity contribution in [2.75, 3.05) is 20.3 Å². The molecule has 16 heteroatoms. The highest BCUT2D eigenvalue weighted by Crippen LogP contribution is 2.47. The molecule has 0 spiro atoms. The third kappa shape index (κ3) is 5.52. The van der Waals surface area contributed by atoms with Crippen molar-refractivity contribution in [1.29, 1.82) is 0 Å². The number of nitrogens with one attached hydrogen (secondary N) is 1. The molecule has 0 bridgehead atoms. The van der Waals surface area contributed by atoms with Gasteiger partial charge in [0, 0.05) is 28.3 Å². The van der Waals surface area contributed by atoms with Crippen LogP contribution in [-0.4, -0.2) is 53.3 Å². The first-order valence-electron chi connectivity index (χ1n) is 13.3. The number of fused-ring (bicyclic) bond motifs is 2. The van der Waals surface area contributed by atoms with Gasteiger partial charge in [0.05, 0.1) is 24.9 Å². The number of aromatic nitrogens is 2. The molecule has 0 aliphatic carbocycles.